The molecule has 1 aliphatic carbocycles. The second kappa shape index (κ2) is 6.36. The van der Waals surface area contributed by atoms with Crippen LogP contribution >= 0.6 is 15.9 Å². The third kappa shape index (κ3) is 3.57. The Kier molecular flexibility index (Phi) is 5.02. The van der Waals surface area contributed by atoms with Crippen molar-refractivity contribution in [2.75, 3.05) is 6.54 Å². The zero-order chi connectivity index (χ0) is 13.9. The van der Waals surface area contributed by atoms with Crippen LogP contribution in [-0.2, 0) is 6.42 Å². The summed E-state index contributed by atoms with van der Waals surface area (Å²) in [5.74, 6) is 0.613. The van der Waals surface area contributed by atoms with E-state index in [1.165, 1.54) is 37.7 Å². The van der Waals surface area contributed by atoms with Crippen LogP contribution in [0.15, 0.2) is 22.7 Å². The lowest BCUT2D eigenvalue weighted by Gasteiger charge is -2.40. The molecule has 2 N–H and O–H groups in total. The number of hydrogen-bond acceptors (Lipinski definition) is 1. The van der Waals surface area contributed by atoms with Crippen LogP contribution in [-0.4, -0.2) is 6.54 Å². The molecule has 2 atom stereocenters. The molecule has 0 radical (unpaired) electrons. The average Bonchev–Trinajstić information content (AvgIpc) is 2.43. The number of hydrogen-bond donors (Lipinski definition) is 1. The van der Waals surface area contributed by atoms with Crippen LogP contribution in [0.4, 0.5) is 4.39 Å². The van der Waals surface area contributed by atoms with E-state index >= 15 is 0 Å². The van der Waals surface area contributed by atoms with Crippen LogP contribution in [0.5, 0.6) is 0 Å². The second-order valence-corrected chi connectivity index (χ2v) is 6.85. The fourth-order valence-electron chi connectivity index (χ4n) is 3.43. The molecule has 0 amide bonds. The molecule has 2 unspecified atom stereocenters. The van der Waals surface area contributed by atoms with Crippen LogP contribution in [0.1, 0.15) is 44.6 Å². The highest BCUT2D eigenvalue weighted by Crippen LogP contribution is 2.42. The summed E-state index contributed by atoms with van der Waals surface area (Å²) in [6.45, 7) is 3.00. The number of benzene rings is 1. The van der Waals surface area contributed by atoms with Crippen molar-refractivity contribution in [3.05, 3.63) is 34.1 Å². The third-order valence-electron chi connectivity index (χ3n) is 4.61. The largest absolute Gasteiger partial charge is 0.330 e. The topological polar surface area (TPSA) is 26.0 Å². The molecule has 2 rings (SSSR count). The maximum Gasteiger partial charge on any atom is 0.137 e. The molecular formula is C16H23BrFN. The van der Waals surface area contributed by atoms with Gasteiger partial charge in [0.05, 0.1) is 4.47 Å². The summed E-state index contributed by atoms with van der Waals surface area (Å²) in [6, 6.07) is 5.35. The molecule has 0 spiro atoms. The molecule has 19 heavy (non-hydrogen) atoms. The Bertz CT molecular complexity index is 435. The molecule has 0 bridgehead atoms. The first kappa shape index (κ1) is 15.0. The Morgan fingerprint density at radius 2 is 2.26 bits per heavy atom. The zero-order valence-corrected chi connectivity index (χ0v) is 13.2. The lowest BCUT2D eigenvalue weighted by atomic mass is 9.66. The molecule has 106 valence electrons. The van der Waals surface area contributed by atoms with Crippen LogP contribution in [0.25, 0.3) is 0 Å². The summed E-state index contributed by atoms with van der Waals surface area (Å²) >= 11 is 3.27. The van der Waals surface area contributed by atoms with E-state index in [2.05, 4.69) is 22.9 Å². The van der Waals surface area contributed by atoms with Gasteiger partial charge in [0.2, 0.25) is 0 Å². The normalized spacial score (nSPS) is 27.5. The van der Waals surface area contributed by atoms with Gasteiger partial charge < -0.3 is 5.73 Å². The predicted octanol–water partition coefficient (Wildman–Crippen LogP) is 4.68. The maximum absolute atomic E-state index is 13.3. The number of nitrogens with two attached hydrogens (primary N) is 1. The smallest absolute Gasteiger partial charge is 0.137 e. The number of halogens is 2. The summed E-state index contributed by atoms with van der Waals surface area (Å²) in [7, 11) is 0. The molecule has 1 aromatic carbocycles. The van der Waals surface area contributed by atoms with E-state index < -0.39 is 0 Å². The Labute approximate surface area is 123 Å². The summed E-state index contributed by atoms with van der Waals surface area (Å²) in [5.41, 5.74) is 7.49. The van der Waals surface area contributed by atoms with Crippen molar-refractivity contribution in [3.8, 4) is 0 Å². The Hall–Kier alpha value is -0.410. The van der Waals surface area contributed by atoms with Gasteiger partial charge in [-0.05, 0) is 70.8 Å². The summed E-state index contributed by atoms with van der Waals surface area (Å²) in [5, 5.41) is 0. The first-order chi connectivity index (χ1) is 9.08. The van der Waals surface area contributed by atoms with Crippen molar-refractivity contribution in [1.29, 1.82) is 0 Å². The maximum atomic E-state index is 13.3. The predicted molar refractivity (Wildman–Crippen MR) is 81.5 cm³/mol. The second-order valence-electron chi connectivity index (χ2n) is 6.00. The van der Waals surface area contributed by atoms with Crippen molar-refractivity contribution in [1.82, 2.24) is 0 Å². The number of rotatable bonds is 4. The molecule has 1 aromatic rings. The van der Waals surface area contributed by atoms with Crippen molar-refractivity contribution < 1.29 is 4.39 Å². The zero-order valence-electron chi connectivity index (χ0n) is 11.6. The van der Waals surface area contributed by atoms with E-state index in [0.717, 1.165) is 18.9 Å². The van der Waals surface area contributed by atoms with Gasteiger partial charge >= 0.3 is 0 Å². The first-order valence-electron chi connectivity index (χ1n) is 7.22. The highest BCUT2D eigenvalue weighted by molar-refractivity contribution is 9.10. The lowest BCUT2D eigenvalue weighted by molar-refractivity contribution is 0.142. The minimum Gasteiger partial charge on any atom is -0.330 e. The molecule has 1 fully saturated rings. The van der Waals surface area contributed by atoms with E-state index in [9.17, 15) is 4.39 Å². The van der Waals surface area contributed by atoms with Gasteiger partial charge in [-0.1, -0.05) is 32.3 Å². The summed E-state index contributed by atoms with van der Waals surface area (Å²) < 4.78 is 13.9. The van der Waals surface area contributed by atoms with Crippen LogP contribution in [0.2, 0.25) is 0 Å². The van der Waals surface area contributed by atoms with Crippen LogP contribution < -0.4 is 5.73 Å². The third-order valence-corrected chi connectivity index (χ3v) is 5.22. The average molecular weight is 328 g/mol. The molecule has 1 saturated carbocycles. The van der Waals surface area contributed by atoms with Gasteiger partial charge in [0.15, 0.2) is 0 Å². The van der Waals surface area contributed by atoms with Crippen LogP contribution in [0.3, 0.4) is 0 Å². The van der Waals surface area contributed by atoms with E-state index in [1.807, 2.05) is 12.1 Å². The van der Waals surface area contributed by atoms with E-state index in [4.69, 9.17) is 5.73 Å². The van der Waals surface area contributed by atoms with Gasteiger partial charge in [-0.3, -0.25) is 0 Å². The first-order valence-corrected chi connectivity index (χ1v) is 8.02. The summed E-state index contributed by atoms with van der Waals surface area (Å²) in [4.78, 5) is 0. The lowest BCUT2D eigenvalue weighted by Crippen LogP contribution is -2.37. The fourth-order valence-corrected chi connectivity index (χ4v) is 3.86. The molecular weight excluding hydrogens is 305 g/mol. The molecule has 0 saturated heterocycles. The molecule has 3 heteroatoms. The molecule has 1 nitrogen and oxygen atoms in total. The molecule has 0 heterocycles. The molecule has 0 aliphatic heterocycles. The quantitative estimate of drug-likeness (QED) is 0.853. The van der Waals surface area contributed by atoms with E-state index in [0.29, 0.717) is 4.47 Å². The van der Waals surface area contributed by atoms with Gasteiger partial charge in [0.25, 0.3) is 0 Å². The van der Waals surface area contributed by atoms with Crippen molar-refractivity contribution in [2.45, 2.75) is 45.4 Å². The van der Waals surface area contributed by atoms with E-state index in [1.54, 1.807) is 6.07 Å². The monoisotopic (exact) mass is 327 g/mol. The van der Waals surface area contributed by atoms with Crippen molar-refractivity contribution in [2.24, 2.45) is 17.1 Å². The molecule has 1 aliphatic rings. The highest BCUT2D eigenvalue weighted by atomic mass is 79.9. The molecule has 0 aromatic heterocycles. The van der Waals surface area contributed by atoms with Crippen LogP contribution in [0, 0.1) is 17.2 Å². The Morgan fingerprint density at radius 1 is 1.47 bits per heavy atom. The minimum absolute atomic E-state index is 0.194. The van der Waals surface area contributed by atoms with Gasteiger partial charge in [-0.2, -0.15) is 0 Å². The minimum atomic E-state index is -0.194. The van der Waals surface area contributed by atoms with Gasteiger partial charge in [0, 0.05) is 0 Å². The standard InChI is InChI=1S/C16H23BrFN/c1-2-12-4-3-7-16(9-12,11-19)10-13-5-6-15(18)14(17)8-13/h5-6,8,12H,2-4,7,9-11,19H2,1H3. The Balaban J connectivity index is 2.15. The van der Waals surface area contributed by atoms with Crippen molar-refractivity contribution in [3.63, 3.8) is 0 Å². The van der Waals surface area contributed by atoms with E-state index in [-0.39, 0.29) is 11.2 Å². The van der Waals surface area contributed by atoms with Gasteiger partial charge in [-0.15, -0.1) is 0 Å². The van der Waals surface area contributed by atoms with Crippen molar-refractivity contribution >= 4 is 15.9 Å². The SMILES string of the molecule is CCC1CCCC(CN)(Cc2ccc(F)c(Br)c2)C1. The van der Waals surface area contributed by atoms with Gasteiger partial charge in [-0.25, -0.2) is 4.39 Å². The highest BCUT2D eigenvalue weighted by Gasteiger charge is 2.34. The fraction of sp³-hybridized carbons (Fsp3) is 0.625. The Morgan fingerprint density at radius 3 is 2.89 bits per heavy atom. The van der Waals surface area contributed by atoms with Gasteiger partial charge in [0.1, 0.15) is 5.82 Å². The summed E-state index contributed by atoms with van der Waals surface area (Å²) in [6.07, 6.45) is 7.25.